The van der Waals surface area contributed by atoms with E-state index < -0.39 is 0 Å². The maximum Gasteiger partial charge on any atom is 0.354 e. The number of nitrogens with zero attached hydrogens (tertiary/aromatic N) is 5. The molecule has 1 saturated heterocycles. The van der Waals surface area contributed by atoms with E-state index in [0.29, 0.717) is 6.54 Å². The summed E-state index contributed by atoms with van der Waals surface area (Å²) in [6, 6.07) is 12.8. The molecular weight excluding hydrogens is 474 g/mol. The molecule has 0 bridgehead atoms. The average molecular weight is 512 g/mol. The maximum atomic E-state index is 13.9. The molecule has 1 unspecified atom stereocenters. The van der Waals surface area contributed by atoms with E-state index in [2.05, 4.69) is 90.3 Å². The van der Waals surface area contributed by atoms with E-state index in [0.717, 1.165) is 72.0 Å². The van der Waals surface area contributed by atoms with Crippen molar-refractivity contribution in [1.82, 2.24) is 25.1 Å². The minimum atomic E-state index is -0.200. The van der Waals surface area contributed by atoms with Crippen LogP contribution in [0.2, 0.25) is 0 Å². The number of benzene rings is 2. The lowest BCUT2D eigenvalue weighted by atomic mass is 9.98. The van der Waals surface area contributed by atoms with Crippen LogP contribution in [0.15, 0.2) is 41.2 Å². The van der Waals surface area contributed by atoms with Crippen LogP contribution in [0.1, 0.15) is 54.8 Å². The number of H-pyrrole nitrogens is 1. The molecule has 1 fully saturated rings. The smallest absolute Gasteiger partial charge is 0.354 e. The number of para-hydroxylation sites is 1. The van der Waals surface area contributed by atoms with Crippen molar-refractivity contribution in [2.24, 2.45) is 0 Å². The van der Waals surface area contributed by atoms with E-state index in [-0.39, 0.29) is 17.6 Å². The van der Waals surface area contributed by atoms with Gasteiger partial charge < -0.3 is 15.1 Å². The highest BCUT2D eigenvalue weighted by molar-refractivity contribution is 5.95. The molecule has 0 spiro atoms. The summed E-state index contributed by atoms with van der Waals surface area (Å²) in [5, 5.41) is 12.3. The first kappa shape index (κ1) is 24.7. The zero-order valence-corrected chi connectivity index (χ0v) is 23.0. The summed E-state index contributed by atoms with van der Waals surface area (Å²) >= 11 is 0. The fourth-order valence-corrected chi connectivity index (χ4v) is 6.29. The van der Waals surface area contributed by atoms with Gasteiger partial charge in [-0.2, -0.15) is 10.1 Å². The quantitative estimate of drug-likeness (QED) is 0.427. The van der Waals surface area contributed by atoms with Crippen molar-refractivity contribution < 1.29 is 0 Å². The number of hydrogen-bond donors (Lipinski definition) is 2. The van der Waals surface area contributed by atoms with Gasteiger partial charge in [-0.25, -0.2) is 4.79 Å². The predicted molar refractivity (Wildman–Crippen MR) is 154 cm³/mol. The molecule has 38 heavy (non-hydrogen) atoms. The molecule has 2 N–H and O–H groups in total. The SMILES string of the molecule is Cc1ccc2[nH]nc(C)c2c1N1CCc2c(N3CCNCC3C)nc(=O)n(-c3ccccc3C(C)C)c2C1. The van der Waals surface area contributed by atoms with Gasteiger partial charge in [0.05, 0.1) is 34.8 Å². The summed E-state index contributed by atoms with van der Waals surface area (Å²) < 4.78 is 1.89. The van der Waals surface area contributed by atoms with Gasteiger partial charge in [0.2, 0.25) is 0 Å². The molecule has 2 aromatic carbocycles. The Morgan fingerprint density at radius 2 is 1.89 bits per heavy atom. The number of aryl methyl sites for hydroxylation is 2. The minimum Gasteiger partial charge on any atom is -0.365 e. The van der Waals surface area contributed by atoms with E-state index in [1.807, 2.05) is 10.6 Å². The predicted octanol–water partition coefficient (Wildman–Crippen LogP) is 4.21. The van der Waals surface area contributed by atoms with E-state index in [1.165, 1.54) is 16.8 Å². The summed E-state index contributed by atoms with van der Waals surface area (Å²) in [5.41, 5.74) is 8.59. The van der Waals surface area contributed by atoms with Crippen LogP contribution < -0.4 is 20.8 Å². The number of aromatic nitrogens is 4. The van der Waals surface area contributed by atoms with Crippen LogP contribution in [0, 0.1) is 13.8 Å². The summed E-state index contributed by atoms with van der Waals surface area (Å²) in [6.45, 7) is 14.9. The van der Waals surface area contributed by atoms with E-state index >= 15 is 0 Å². The van der Waals surface area contributed by atoms with Crippen molar-refractivity contribution in [1.29, 1.82) is 0 Å². The van der Waals surface area contributed by atoms with E-state index in [4.69, 9.17) is 4.98 Å². The molecule has 2 aliphatic rings. The van der Waals surface area contributed by atoms with Crippen LogP contribution in [0.3, 0.4) is 0 Å². The van der Waals surface area contributed by atoms with Gasteiger partial charge in [-0.1, -0.05) is 38.1 Å². The Morgan fingerprint density at radius 1 is 1.08 bits per heavy atom. The number of rotatable bonds is 4. The van der Waals surface area contributed by atoms with Gasteiger partial charge in [-0.05, 0) is 56.4 Å². The average Bonchev–Trinajstić information content (AvgIpc) is 3.28. The summed E-state index contributed by atoms with van der Waals surface area (Å²) in [6.07, 6.45) is 0.825. The standard InChI is InChI=1S/C30H37N7O/c1-18(2)22-8-6-7-9-25(22)37-26-17-35(28-19(3)10-11-24-27(28)21(5)33-34-24)14-12-23(26)29(32-30(37)38)36-15-13-31-16-20(36)4/h6-11,18,20,31H,12-17H2,1-5H3,(H,33,34). The second-order valence-corrected chi connectivity index (χ2v) is 11.1. The van der Waals surface area contributed by atoms with Crippen LogP contribution in [0.5, 0.6) is 0 Å². The zero-order chi connectivity index (χ0) is 26.6. The zero-order valence-electron chi connectivity index (χ0n) is 23.0. The van der Waals surface area contributed by atoms with Gasteiger partial charge in [0.1, 0.15) is 5.82 Å². The highest BCUT2D eigenvalue weighted by atomic mass is 16.1. The van der Waals surface area contributed by atoms with Gasteiger partial charge in [0, 0.05) is 43.2 Å². The lowest BCUT2D eigenvalue weighted by Crippen LogP contribution is -2.52. The lowest BCUT2D eigenvalue weighted by molar-refractivity contribution is 0.492. The van der Waals surface area contributed by atoms with Gasteiger partial charge in [0.25, 0.3) is 0 Å². The molecular formula is C30H37N7O. The van der Waals surface area contributed by atoms with Gasteiger partial charge >= 0.3 is 5.69 Å². The Kier molecular flexibility index (Phi) is 6.22. The molecule has 0 aliphatic carbocycles. The lowest BCUT2D eigenvalue weighted by Gasteiger charge is -2.39. The highest BCUT2D eigenvalue weighted by Gasteiger charge is 2.31. The van der Waals surface area contributed by atoms with Crippen molar-refractivity contribution in [2.75, 3.05) is 36.0 Å². The first-order valence-corrected chi connectivity index (χ1v) is 13.8. The fraction of sp³-hybridized carbons (Fsp3) is 0.433. The fourth-order valence-electron chi connectivity index (χ4n) is 6.29. The molecule has 0 saturated carbocycles. The number of anilines is 2. The second kappa shape index (κ2) is 9.58. The third-order valence-corrected chi connectivity index (χ3v) is 8.23. The molecule has 4 aromatic rings. The van der Waals surface area contributed by atoms with Crippen LogP contribution in [0.4, 0.5) is 11.5 Å². The van der Waals surface area contributed by atoms with Crippen LogP contribution in [-0.2, 0) is 13.0 Å². The van der Waals surface area contributed by atoms with Gasteiger partial charge in [-0.3, -0.25) is 9.67 Å². The Balaban J connectivity index is 1.57. The normalized spacial score (nSPS) is 17.9. The Hall–Kier alpha value is -3.65. The Labute approximate surface area is 223 Å². The number of piperazine rings is 1. The molecule has 2 aliphatic heterocycles. The van der Waals surface area contributed by atoms with Crippen molar-refractivity contribution in [3.05, 3.63) is 75.0 Å². The summed E-state index contributed by atoms with van der Waals surface area (Å²) in [5.74, 6) is 1.15. The van der Waals surface area contributed by atoms with Crippen molar-refractivity contribution in [2.45, 2.75) is 59.5 Å². The third kappa shape index (κ3) is 3.98. The molecule has 0 amide bonds. The van der Waals surface area contributed by atoms with Crippen molar-refractivity contribution in [3.8, 4) is 5.69 Å². The minimum absolute atomic E-state index is 0.200. The first-order valence-electron chi connectivity index (χ1n) is 13.8. The summed E-state index contributed by atoms with van der Waals surface area (Å²) in [7, 11) is 0. The van der Waals surface area contributed by atoms with Crippen LogP contribution >= 0.6 is 0 Å². The highest BCUT2D eigenvalue weighted by Crippen LogP contribution is 2.37. The third-order valence-electron chi connectivity index (χ3n) is 8.23. The summed E-state index contributed by atoms with van der Waals surface area (Å²) in [4.78, 5) is 23.5. The van der Waals surface area contributed by atoms with Crippen molar-refractivity contribution in [3.63, 3.8) is 0 Å². The molecule has 8 nitrogen and oxygen atoms in total. The number of aromatic amines is 1. The maximum absolute atomic E-state index is 13.9. The molecule has 6 rings (SSSR count). The molecule has 198 valence electrons. The first-order chi connectivity index (χ1) is 18.3. The number of nitrogens with one attached hydrogen (secondary N) is 2. The monoisotopic (exact) mass is 511 g/mol. The van der Waals surface area contributed by atoms with E-state index in [1.54, 1.807) is 0 Å². The largest absolute Gasteiger partial charge is 0.365 e. The van der Waals surface area contributed by atoms with Crippen LogP contribution in [0.25, 0.3) is 16.6 Å². The molecule has 4 heterocycles. The molecule has 2 aromatic heterocycles. The van der Waals surface area contributed by atoms with Gasteiger partial charge in [-0.15, -0.1) is 0 Å². The molecule has 0 radical (unpaired) electrons. The second-order valence-electron chi connectivity index (χ2n) is 11.1. The van der Waals surface area contributed by atoms with E-state index in [9.17, 15) is 4.79 Å². The van der Waals surface area contributed by atoms with Crippen LogP contribution in [-0.4, -0.2) is 52.0 Å². The van der Waals surface area contributed by atoms with Gasteiger partial charge in [0.15, 0.2) is 0 Å². The number of fused-ring (bicyclic) bond motifs is 2. The number of hydrogen-bond acceptors (Lipinski definition) is 6. The van der Waals surface area contributed by atoms with Crippen molar-refractivity contribution >= 4 is 22.4 Å². The Bertz CT molecular complexity index is 1570. The molecule has 1 atom stereocenters. The topological polar surface area (TPSA) is 82.1 Å². The Morgan fingerprint density at radius 3 is 2.68 bits per heavy atom. The molecule has 8 heteroatoms.